The molecular formula is C12H18N2O2. The van der Waals surface area contributed by atoms with Crippen molar-refractivity contribution in [2.24, 2.45) is 0 Å². The summed E-state index contributed by atoms with van der Waals surface area (Å²) < 4.78 is 5.53. The van der Waals surface area contributed by atoms with Gasteiger partial charge in [0.15, 0.2) is 0 Å². The molecule has 2 atom stereocenters. The van der Waals surface area contributed by atoms with Crippen LogP contribution in [0.1, 0.15) is 43.9 Å². The Balaban J connectivity index is 1.69. The third-order valence-corrected chi connectivity index (χ3v) is 2.97. The van der Waals surface area contributed by atoms with Gasteiger partial charge in [-0.15, -0.1) is 0 Å². The van der Waals surface area contributed by atoms with Crippen LogP contribution < -0.4 is 0 Å². The van der Waals surface area contributed by atoms with E-state index < -0.39 is 6.10 Å². The summed E-state index contributed by atoms with van der Waals surface area (Å²) in [5.41, 5.74) is 0.711. The molecule has 0 saturated carbocycles. The largest absolute Gasteiger partial charge is 0.387 e. The normalized spacial score (nSPS) is 22.2. The zero-order valence-corrected chi connectivity index (χ0v) is 9.38. The van der Waals surface area contributed by atoms with Crippen molar-refractivity contribution in [2.75, 3.05) is 6.61 Å². The summed E-state index contributed by atoms with van der Waals surface area (Å²) in [6.45, 7) is 0.902. The minimum Gasteiger partial charge on any atom is -0.387 e. The van der Waals surface area contributed by atoms with E-state index in [1.54, 1.807) is 12.3 Å². The van der Waals surface area contributed by atoms with Gasteiger partial charge in [-0.1, -0.05) is 0 Å². The predicted octanol–water partition coefficient (Wildman–Crippen LogP) is 1.86. The molecule has 2 unspecified atom stereocenters. The van der Waals surface area contributed by atoms with Gasteiger partial charge in [0.05, 0.1) is 17.9 Å². The first-order valence-electron chi connectivity index (χ1n) is 5.92. The van der Waals surface area contributed by atoms with E-state index >= 15 is 0 Å². The van der Waals surface area contributed by atoms with Gasteiger partial charge in [-0.25, -0.2) is 9.97 Å². The number of rotatable bonds is 5. The highest BCUT2D eigenvalue weighted by Gasteiger charge is 2.16. The Morgan fingerprint density at radius 1 is 1.56 bits per heavy atom. The predicted molar refractivity (Wildman–Crippen MR) is 59.8 cm³/mol. The van der Waals surface area contributed by atoms with Crippen molar-refractivity contribution in [3.63, 3.8) is 0 Å². The average molecular weight is 222 g/mol. The van der Waals surface area contributed by atoms with E-state index in [9.17, 15) is 5.11 Å². The lowest BCUT2D eigenvalue weighted by atomic mass is 10.1. The second kappa shape index (κ2) is 5.92. The van der Waals surface area contributed by atoms with Crippen LogP contribution in [-0.2, 0) is 4.74 Å². The van der Waals surface area contributed by atoms with Gasteiger partial charge in [0.25, 0.3) is 0 Å². The molecule has 0 bridgehead atoms. The van der Waals surface area contributed by atoms with Gasteiger partial charge in [0.1, 0.15) is 6.33 Å². The number of aliphatic hydroxyl groups is 1. The number of nitrogens with zero attached hydrogens (tertiary/aromatic N) is 2. The van der Waals surface area contributed by atoms with E-state index in [0.717, 1.165) is 25.9 Å². The van der Waals surface area contributed by atoms with Crippen molar-refractivity contribution in [1.82, 2.24) is 9.97 Å². The highest BCUT2D eigenvalue weighted by Crippen LogP contribution is 2.21. The zero-order chi connectivity index (χ0) is 11.2. The van der Waals surface area contributed by atoms with Crippen LogP contribution in [0.25, 0.3) is 0 Å². The number of hydrogen-bond donors (Lipinski definition) is 1. The summed E-state index contributed by atoms with van der Waals surface area (Å²) in [5, 5.41) is 9.86. The third-order valence-electron chi connectivity index (χ3n) is 2.97. The van der Waals surface area contributed by atoms with Crippen LogP contribution in [0.3, 0.4) is 0 Å². The van der Waals surface area contributed by atoms with Gasteiger partial charge in [-0.3, -0.25) is 0 Å². The molecule has 1 fully saturated rings. The molecule has 4 nitrogen and oxygen atoms in total. The fourth-order valence-electron chi connectivity index (χ4n) is 2.06. The maximum Gasteiger partial charge on any atom is 0.115 e. The van der Waals surface area contributed by atoms with Crippen LogP contribution in [-0.4, -0.2) is 27.8 Å². The molecule has 1 aromatic rings. The minimum atomic E-state index is -0.468. The fourth-order valence-corrected chi connectivity index (χ4v) is 2.06. The molecule has 0 aliphatic carbocycles. The van der Waals surface area contributed by atoms with E-state index in [2.05, 4.69) is 9.97 Å². The van der Waals surface area contributed by atoms with Crippen molar-refractivity contribution in [3.8, 4) is 0 Å². The standard InChI is InChI=1S/C12H18N2O2/c15-12(11-6-7-13-9-14-11)5-1-3-10-4-2-8-16-10/h6-7,9-10,12,15H,1-5,8H2. The summed E-state index contributed by atoms with van der Waals surface area (Å²) in [7, 11) is 0. The molecule has 0 radical (unpaired) electrons. The van der Waals surface area contributed by atoms with Crippen LogP contribution in [0.15, 0.2) is 18.6 Å². The maximum atomic E-state index is 9.86. The van der Waals surface area contributed by atoms with Crippen molar-refractivity contribution in [2.45, 2.75) is 44.3 Å². The molecule has 16 heavy (non-hydrogen) atoms. The number of aliphatic hydroxyl groups excluding tert-OH is 1. The first-order valence-corrected chi connectivity index (χ1v) is 5.92. The minimum absolute atomic E-state index is 0.414. The van der Waals surface area contributed by atoms with Gasteiger partial charge in [0, 0.05) is 12.8 Å². The molecule has 0 spiro atoms. The molecule has 1 aliphatic rings. The Labute approximate surface area is 95.7 Å². The van der Waals surface area contributed by atoms with Gasteiger partial charge < -0.3 is 9.84 Å². The van der Waals surface area contributed by atoms with Crippen molar-refractivity contribution in [3.05, 3.63) is 24.3 Å². The molecule has 1 aromatic heterocycles. The Kier molecular flexibility index (Phi) is 4.25. The van der Waals surface area contributed by atoms with Gasteiger partial charge in [-0.2, -0.15) is 0 Å². The smallest absolute Gasteiger partial charge is 0.115 e. The number of ether oxygens (including phenoxy) is 1. The number of aromatic nitrogens is 2. The Bertz CT molecular complexity index is 299. The quantitative estimate of drug-likeness (QED) is 0.826. The Hall–Kier alpha value is -1.00. The highest BCUT2D eigenvalue weighted by atomic mass is 16.5. The molecule has 2 rings (SSSR count). The summed E-state index contributed by atoms with van der Waals surface area (Å²) >= 11 is 0. The lowest BCUT2D eigenvalue weighted by Gasteiger charge is -2.12. The van der Waals surface area contributed by atoms with Crippen LogP contribution in [0.4, 0.5) is 0 Å². The maximum absolute atomic E-state index is 9.86. The topological polar surface area (TPSA) is 55.2 Å². The average Bonchev–Trinajstić information content (AvgIpc) is 2.83. The van der Waals surface area contributed by atoms with E-state index in [1.807, 2.05) is 0 Å². The Morgan fingerprint density at radius 2 is 2.50 bits per heavy atom. The van der Waals surface area contributed by atoms with Crippen LogP contribution in [0.2, 0.25) is 0 Å². The van der Waals surface area contributed by atoms with Crippen LogP contribution in [0, 0.1) is 0 Å². The molecule has 0 aromatic carbocycles. The second-order valence-electron chi connectivity index (χ2n) is 4.22. The fraction of sp³-hybridized carbons (Fsp3) is 0.667. The Morgan fingerprint density at radius 3 is 3.19 bits per heavy atom. The molecular weight excluding hydrogens is 204 g/mol. The lowest BCUT2D eigenvalue weighted by Crippen LogP contribution is -2.06. The van der Waals surface area contributed by atoms with E-state index in [1.165, 1.54) is 19.2 Å². The summed E-state index contributed by atoms with van der Waals surface area (Å²) in [6.07, 6.45) is 8.20. The van der Waals surface area contributed by atoms with Crippen LogP contribution in [0.5, 0.6) is 0 Å². The molecule has 88 valence electrons. The molecule has 1 aliphatic heterocycles. The van der Waals surface area contributed by atoms with E-state index in [-0.39, 0.29) is 0 Å². The van der Waals surface area contributed by atoms with Gasteiger partial charge >= 0.3 is 0 Å². The highest BCUT2D eigenvalue weighted by molar-refractivity contribution is 5.01. The molecule has 4 heteroatoms. The first-order chi connectivity index (χ1) is 7.86. The van der Waals surface area contributed by atoms with Crippen molar-refractivity contribution >= 4 is 0 Å². The van der Waals surface area contributed by atoms with E-state index in [4.69, 9.17) is 4.74 Å². The third kappa shape index (κ3) is 3.25. The molecule has 1 N–H and O–H groups in total. The monoisotopic (exact) mass is 222 g/mol. The second-order valence-corrected chi connectivity index (χ2v) is 4.22. The number of hydrogen-bond acceptors (Lipinski definition) is 4. The van der Waals surface area contributed by atoms with Gasteiger partial charge in [-0.05, 0) is 38.2 Å². The van der Waals surface area contributed by atoms with Crippen LogP contribution >= 0.6 is 0 Å². The lowest BCUT2D eigenvalue weighted by molar-refractivity contribution is 0.0939. The van der Waals surface area contributed by atoms with Crippen molar-refractivity contribution in [1.29, 1.82) is 0 Å². The summed E-state index contributed by atoms with van der Waals surface area (Å²) in [5.74, 6) is 0. The van der Waals surface area contributed by atoms with E-state index in [0.29, 0.717) is 11.8 Å². The summed E-state index contributed by atoms with van der Waals surface area (Å²) in [6, 6.07) is 1.76. The van der Waals surface area contributed by atoms with Gasteiger partial charge in [0.2, 0.25) is 0 Å². The SMILES string of the molecule is OC(CCCC1CCCO1)c1ccncn1. The molecule has 2 heterocycles. The first kappa shape index (κ1) is 11.5. The van der Waals surface area contributed by atoms with Crippen molar-refractivity contribution < 1.29 is 9.84 Å². The summed E-state index contributed by atoms with van der Waals surface area (Å²) in [4.78, 5) is 7.87. The molecule has 1 saturated heterocycles. The molecule has 0 amide bonds. The zero-order valence-electron chi connectivity index (χ0n) is 9.38.